The molecule has 0 saturated carbocycles. The lowest BCUT2D eigenvalue weighted by Crippen LogP contribution is -2.12. The van der Waals surface area contributed by atoms with Gasteiger partial charge >= 0.3 is 0 Å². The molecule has 1 aromatic carbocycles. The Kier molecular flexibility index (Phi) is 3.67. The van der Waals surface area contributed by atoms with Crippen LogP contribution in [0.15, 0.2) is 48.1 Å². The van der Waals surface area contributed by atoms with Gasteiger partial charge in [0, 0.05) is 30.9 Å². The van der Waals surface area contributed by atoms with Crippen LogP contribution in [0.3, 0.4) is 0 Å². The number of aromatic nitrogens is 3. The molecule has 0 amide bonds. The monoisotopic (exact) mass is 270 g/mol. The van der Waals surface area contributed by atoms with E-state index in [9.17, 15) is 0 Å². The van der Waals surface area contributed by atoms with E-state index in [1.54, 1.807) is 17.5 Å². The van der Waals surface area contributed by atoms with Gasteiger partial charge in [0.05, 0.1) is 5.69 Å². The molecule has 0 radical (unpaired) electrons. The molecule has 0 aliphatic rings. The van der Waals surface area contributed by atoms with Crippen molar-refractivity contribution in [1.29, 1.82) is 0 Å². The van der Waals surface area contributed by atoms with Gasteiger partial charge in [0.2, 0.25) is 0 Å². The van der Waals surface area contributed by atoms with Crippen LogP contribution < -0.4 is 5.32 Å². The lowest BCUT2D eigenvalue weighted by molar-refractivity contribution is 0.690. The summed E-state index contributed by atoms with van der Waals surface area (Å²) in [4.78, 5) is 4.24. The SMILES string of the molecule is c1cc(-c2ccc(CNCc3nccs3)cc2)[nH]n1. The Morgan fingerprint density at radius 3 is 2.63 bits per heavy atom. The maximum Gasteiger partial charge on any atom is 0.106 e. The third kappa shape index (κ3) is 3.07. The highest BCUT2D eigenvalue weighted by molar-refractivity contribution is 7.09. The number of H-pyrrole nitrogens is 1. The van der Waals surface area contributed by atoms with Crippen LogP contribution in [0, 0.1) is 0 Å². The van der Waals surface area contributed by atoms with Crippen molar-refractivity contribution in [2.24, 2.45) is 0 Å². The minimum absolute atomic E-state index is 0.819. The van der Waals surface area contributed by atoms with Crippen molar-refractivity contribution in [2.75, 3.05) is 0 Å². The Hall–Kier alpha value is -1.98. The second-order valence-electron chi connectivity index (χ2n) is 4.20. The van der Waals surface area contributed by atoms with Crippen molar-refractivity contribution in [1.82, 2.24) is 20.5 Å². The van der Waals surface area contributed by atoms with Crippen molar-refractivity contribution in [3.05, 3.63) is 58.7 Å². The van der Waals surface area contributed by atoms with E-state index in [0.717, 1.165) is 29.4 Å². The van der Waals surface area contributed by atoms with Crippen molar-refractivity contribution < 1.29 is 0 Å². The number of benzene rings is 1. The molecule has 0 bridgehead atoms. The van der Waals surface area contributed by atoms with Crippen LogP contribution in [0.5, 0.6) is 0 Å². The number of hydrogen-bond donors (Lipinski definition) is 2. The summed E-state index contributed by atoms with van der Waals surface area (Å²) in [5, 5.41) is 13.4. The Labute approximate surface area is 115 Å². The minimum atomic E-state index is 0.819. The van der Waals surface area contributed by atoms with E-state index in [1.807, 2.05) is 17.6 Å². The molecule has 0 saturated heterocycles. The van der Waals surface area contributed by atoms with E-state index in [2.05, 4.69) is 44.8 Å². The van der Waals surface area contributed by atoms with Gasteiger partial charge in [-0.1, -0.05) is 24.3 Å². The topological polar surface area (TPSA) is 53.6 Å². The molecule has 0 fully saturated rings. The van der Waals surface area contributed by atoms with E-state index in [4.69, 9.17) is 0 Å². The molecular weight excluding hydrogens is 256 g/mol. The quantitative estimate of drug-likeness (QED) is 0.749. The highest BCUT2D eigenvalue weighted by atomic mass is 32.1. The second-order valence-corrected chi connectivity index (χ2v) is 5.18. The smallest absolute Gasteiger partial charge is 0.106 e. The van der Waals surface area contributed by atoms with Crippen molar-refractivity contribution >= 4 is 11.3 Å². The molecule has 0 spiro atoms. The molecule has 2 aromatic heterocycles. The first-order chi connectivity index (χ1) is 9.42. The van der Waals surface area contributed by atoms with Crippen LogP contribution in [-0.2, 0) is 13.1 Å². The molecule has 0 unspecified atom stereocenters. The van der Waals surface area contributed by atoms with Gasteiger partial charge in [0.25, 0.3) is 0 Å². The average molecular weight is 270 g/mol. The fraction of sp³-hybridized carbons (Fsp3) is 0.143. The van der Waals surface area contributed by atoms with Crippen LogP contribution in [0.25, 0.3) is 11.3 Å². The number of rotatable bonds is 5. The third-order valence-corrected chi connectivity index (χ3v) is 3.63. The second kappa shape index (κ2) is 5.77. The Morgan fingerprint density at radius 1 is 1.05 bits per heavy atom. The molecule has 4 nitrogen and oxygen atoms in total. The van der Waals surface area contributed by atoms with Gasteiger partial charge < -0.3 is 5.32 Å². The predicted molar refractivity (Wildman–Crippen MR) is 76.7 cm³/mol. The zero-order valence-electron chi connectivity index (χ0n) is 10.3. The summed E-state index contributed by atoms with van der Waals surface area (Å²) in [6.45, 7) is 1.67. The normalized spacial score (nSPS) is 10.7. The molecule has 2 heterocycles. The first-order valence-corrected chi connectivity index (χ1v) is 6.97. The van der Waals surface area contributed by atoms with Crippen LogP contribution in [0.2, 0.25) is 0 Å². The average Bonchev–Trinajstić information content (AvgIpc) is 3.13. The standard InChI is InChI=1S/C14H14N4S/c1-3-12(13-5-6-17-18-13)4-2-11(1)9-15-10-14-16-7-8-19-14/h1-8,15H,9-10H2,(H,17,18). The van der Waals surface area contributed by atoms with Gasteiger partial charge in [-0.05, 0) is 17.2 Å². The number of nitrogens with zero attached hydrogens (tertiary/aromatic N) is 2. The maximum atomic E-state index is 4.24. The molecule has 0 aliphatic heterocycles. The van der Waals surface area contributed by atoms with Crippen LogP contribution >= 0.6 is 11.3 Å². The minimum Gasteiger partial charge on any atom is -0.306 e. The van der Waals surface area contributed by atoms with Gasteiger partial charge in [0.1, 0.15) is 5.01 Å². The van der Waals surface area contributed by atoms with E-state index >= 15 is 0 Å². The van der Waals surface area contributed by atoms with E-state index in [0.29, 0.717) is 0 Å². The first-order valence-electron chi connectivity index (χ1n) is 6.09. The van der Waals surface area contributed by atoms with Gasteiger partial charge in [-0.3, -0.25) is 5.10 Å². The first kappa shape index (κ1) is 12.1. The van der Waals surface area contributed by atoms with Crippen molar-refractivity contribution in [3.8, 4) is 11.3 Å². The summed E-state index contributed by atoms with van der Waals surface area (Å²) in [5.74, 6) is 0. The number of thiazole rings is 1. The highest BCUT2D eigenvalue weighted by Gasteiger charge is 1.99. The van der Waals surface area contributed by atoms with Gasteiger partial charge in [-0.15, -0.1) is 11.3 Å². The van der Waals surface area contributed by atoms with Crippen LogP contribution in [0.4, 0.5) is 0 Å². The van der Waals surface area contributed by atoms with Gasteiger partial charge in [0.15, 0.2) is 0 Å². The van der Waals surface area contributed by atoms with Crippen molar-refractivity contribution in [3.63, 3.8) is 0 Å². The molecule has 0 aliphatic carbocycles. The van der Waals surface area contributed by atoms with Crippen LogP contribution in [0.1, 0.15) is 10.6 Å². The molecule has 2 N–H and O–H groups in total. The summed E-state index contributed by atoms with van der Waals surface area (Å²) in [7, 11) is 0. The summed E-state index contributed by atoms with van der Waals surface area (Å²) in [6.07, 6.45) is 3.60. The van der Waals surface area contributed by atoms with E-state index in [-0.39, 0.29) is 0 Å². The lowest BCUT2D eigenvalue weighted by Gasteiger charge is -2.04. The number of aromatic amines is 1. The molecule has 3 aromatic rings. The zero-order chi connectivity index (χ0) is 12.9. The highest BCUT2D eigenvalue weighted by Crippen LogP contribution is 2.16. The predicted octanol–water partition coefficient (Wildman–Crippen LogP) is 2.82. The molecule has 3 rings (SSSR count). The van der Waals surface area contributed by atoms with E-state index in [1.165, 1.54) is 5.56 Å². The van der Waals surface area contributed by atoms with Gasteiger partial charge in [-0.25, -0.2) is 4.98 Å². The molecular formula is C14H14N4S. The summed E-state index contributed by atoms with van der Waals surface area (Å²) < 4.78 is 0. The molecule has 96 valence electrons. The lowest BCUT2D eigenvalue weighted by atomic mass is 10.1. The molecule has 19 heavy (non-hydrogen) atoms. The number of hydrogen-bond acceptors (Lipinski definition) is 4. The summed E-state index contributed by atoms with van der Waals surface area (Å²) >= 11 is 1.67. The summed E-state index contributed by atoms with van der Waals surface area (Å²) in [6, 6.07) is 10.4. The molecule has 5 heteroatoms. The van der Waals surface area contributed by atoms with Crippen LogP contribution in [-0.4, -0.2) is 15.2 Å². The molecule has 0 atom stereocenters. The van der Waals surface area contributed by atoms with Gasteiger partial charge in [-0.2, -0.15) is 5.10 Å². The Balaban J connectivity index is 1.57. The largest absolute Gasteiger partial charge is 0.306 e. The zero-order valence-corrected chi connectivity index (χ0v) is 11.2. The third-order valence-electron chi connectivity index (χ3n) is 2.85. The fourth-order valence-corrected chi connectivity index (χ4v) is 2.46. The maximum absolute atomic E-state index is 4.24. The Morgan fingerprint density at radius 2 is 1.95 bits per heavy atom. The number of nitrogens with one attached hydrogen (secondary N) is 2. The Bertz CT molecular complexity index is 599. The van der Waals surface area contributed by atoms with E-state index < -0.39 is 0 Å². The van der Waals surface area contributed by atoms with Crippen molar-refractivity contribution in [2.45, 2.75) is 13.1 Å². The fourth-order valence-electron chi connectivity index (χ4n) is 1.87. The summed E-state index contributed by atoms with van der Waals surface area (Å²) in [5.41, 5.74) is 3.46.